The zero-order valence-electron chi connectivity index (χ0n) is 15.9. The number of hydrogen-bond donors (Lipinski definition) is 1. The summed E-state index contributed by atoms with van der Waals surface area (Å²) in [5.74, 6) is 0.289. The Morgan fingerprint density at radius 1 is 1.25 bits per heavy atom. The van der Waals surface area contributed by atoms with Crippen LogP contribution >= 0.6 is 23.1 Å². The standard InChI is InChI=1S/C16H22FN5O3S3/c1-11(2)10-26-16-20-19-15(27-16)18-14(23)9-22(28(24,25)21(3)4)13-7-5-12(17)6-8-13/h5-8,11H,9-10H2,1-4H3,(H,18,19,23). The van der Waals surface area contributed by atoms with Crippen molar-refractivity contribution in [1.82, 2.24) is 14.5 Å². The van der Waals surface area contributed by atoms with Crippen LogP contribution in [0.1, 0.15) is 13.8 Å². The number of carbonyl (C=O) groups excluding carboxylic acids is 1. The van der Waals surface area contributed by atoms with Crippen LogP contribution in [0.25, 0.3) is 0 Å². The smallest absolute Gasteiger partial charge is 0.299 e. The van der Waals surface area contributed by atoms with E-state index >= 15 is 0 Å². The number of halogens is 1. The molecule has 0 aliphatic rings. The number of nitrogens with one attached hydrogen (secondary N) is 1. The molecule has 1 amide bonds. The van der Waals surface area contributed by atoms with Gasteiger partial charge in [0.25, 0.3) is 0 Å². The molecule has 12 heteroatoms. The highest BCUT2D eigenvalue weighted by Gasteiger charge is 2.27. The quantitative estimate of drug-likeness (QED) is 0.469. The van der Waals surface area contributed by atoms with Crippen molar-refractivity contribution >= 4 is 50.0 Å². The summed E-state index contributed by atoms with van der Waals surface area (Å²) in [7, 11) is -1.25. The highest BCUT2D eigenvalue weighted by molar-refractivity contribution is 8.01. The molecule has 0 aliphatic carbocycles. The number of carbonyl (C=O) groups is 1. The van der Waals surface area contributed by atoms with Gasteiger partial charge in [0.15, 0.2) is 4.34 Å². The Bertz CT molecular complexity index is 901. The summed E-state index contributed by atoms with van der Waals surface area (Å²) in [5, 5.41) is 10.8. The molecule has 1 aromatic carbocycles. The van der Waals surface area contributed by atoms with E-state index in [1.165, 1.54) is 37.6 Å². The fraction of sp³-hybridized carbons (Fsp3) is 0.438. The van der Waals surface area contributed by atoms with E-state index in [2.05, 4.69) is 29.4 Å². The molecule has 0 aliphatic heterocycles. The number of rotatable bonds is 9. The van der Waals surface area contributed by atoms with Crippen LogP contribution in [0.4, 0.5) is 15.2 Å². The Morgan fingerprint density at radius 3 is 2.46 bits per heavy atom. The molecule has 0 saturated heterocycles. The molecule has 8 nitrogen and oxygen atoms in total. The zero-order valence-corrected chi connectivity index (χ0v) is 18.4. The highest BCUT2D eigenvalue weighted by atomic mass is 32.2. The van der Waals surface area contributed by atoms with Crippen LogP contribution in [-0.2, 0) is 15.0 Å². The van der Waals surface area contributed by atoms with Crippen LogP contribution < -0.4 is 9.62 Å². The number of aromatic nitrogens is 2. The van der Waals surface area contributed by atoms with Crippen LogP contribution in [0, 0.1) is 11.7 Å². The van der Waals surface area contributed by atoms with Gasteiger partial charge in [0.05, 0.1) is 5.69 Å². The van der Waals surface area contributed by atoms with Gasteiger partial charge in [0, 0.05) is 19.8 Å². The summed E-state index contributed by atoms with van der Waals surface area (Å²) >= 11 is 2.76. The summed E-state index contributed by atoms with van der Waals surface area (Å²) in [5.41, 5.74) is 0.177. The molecule has 0 saturated carbocycles. The fourth-order valence-electron chi connectivity index (χ4n) is 1.96. The maximum atomic E-state index is 13.2. The molecule has 0 bridgehead atoms. The second kappa shape index (κ2) is 9.63. The first-order valence-electron chi connectivity index (χ1n) is 8.31. The zero-order chi connectivity index (χ0) is 20.9. The van der Waals surface area contributed by atoms with Crippen molar-refractivity contribution in [3.63, 3.8) is 0 Å². The lowest BCUT2D eigenvalue weighted by atomic mass is 10.3. The van der Waals surface area contributed by atoms with Gasteiger partial charge in [-0.1, -0.05) is 36.9 Å². The van der Waals surface area contributed by atoms with Crippen molar-refractivity contribution in [2.75, 3.05) is 36.0 Å². The number of nitrogens with zero attached hydrogens (tertiary/aromatic N) is 4. The van der Waals surface area contributed by atoms with E-state index in [9.17, 15) is 17.6 Å². The van der Waals surface area contributed by atoms with Crippen molar-refractivity contribution in [3.05, 3.63) is 30.1 Å². The highest BCUT2D eigenvalue weighted by Crippen LogP contribution is 2.27. The molecule has 1 aromatic heterocycles. The average Bonchev–Trinajstić information content (AvgIpc) is 3.06. The minimum Gasteiger partial charge on any atom is -0.299 e. The lowest BCUT2D eigenvalue weighted by Crippen LogP contribution is -2.44. The molecule has 28 heavy (non-hydrogen) atoms. The second-order valence-corrected chi connectivity index (χ2v) is 10.7. The SMILES string of the molecule is CC(C)CSc1nnc(NC(=O)CN(c2ccc(F)cc2)S(=O)(=O)N(C)C)s1. The minimum atomic E-state index is -3.96. The molecule has 0 fully saturated rings. The van der Waals surface area contributed by atoms with Gasteiger partial charge in [-0.2, -0.15) is 12.7 Å². The average molecular weight is 448 g/mol. The fourth-order valence-corrected chi connectivity index (χ4v) is 4.76. The molecule has 1 heterocycles. The van der Waals surface area contributed by atoms with Gasteiger partial charge in [-0.05, 0) is 30.2 Å². The summed E-state index contributed by atoms with van der Waals surface area (Å²) < 4.78 is 41.0. The summed E-state index contributed by atoms with van der Waals surface area (Å²) in [6, 6.07) is 4.87. The second-order valence-electron chi connectivity index (χ2n) is 6.40. The third-order valence-corrected chi connectivity index (χ3v) is 7.55. The molecule has 154 valence electrons. The summed E-state index contributed by atoms with van der Waals surface area (Å²) in [4.78, 5) is 12.4. The van der Waals surface area contributed by atoms with E-state index in [1.807, 2.05) is 0 Å². The molecule has 2 rings (SSSR count). The predicted molar refractivity (Wildman–Crippen MR) is 110 cm³/mol. The van der Waals surface area contributed by atoms with Crippen LogP contribution in [0.2, 0.25) is 0 Å². The molecule has 1 N–H and O–H groups in total. The molecule has 0 atom stereocenters. The van der Waals surface area contributed by atoms with Crippen LogP contribution in [0.5, 0.6) is 0 Å². The van der Waals surface area contributed by atoms with Crippen LogP contribution in [0.15, 0.2) is 28.6 Å². The first-order chi connectivity index (χ1) is 13.1. The number of amides is 1. The van der Waals surface area contributed by atoms with Crippen molar-refractivity contribution < 1.29 is 17.6 Å². The number of anilines is 2. The molecule has 0 radical (unpaired) electrons. The van der Waals surface area contributed by atoms with Crippen molar-refractivity contribution in [2.45, 2.75) is 18.2 Å². The number of benzene rings is 1. The molecular formula is C16H22FN5O3S3. The van der Waals surface area contributed by atoms with Gasteiger partial charge >= 0.3 is 10.2 Å². The maximum absolute atomic E-state index is 13.2. The Morgan fingerprint density at radius 2 is 1.89 bits per heavy atom. The third-order valence-electron chi connectivity index (χ3n) is 3.33. The molecule has 0 spiro atoms. The Labute approximate surface area is 172 Å². The van der Waals surface area contributed by atoms with E-state index < -0.39 is 28.5 Å². The molecular weight excluding hydrogens is 425 g/mol. The van der Waals surface area contributed by atoms with E-state index in [-0.39, 0.29) is 10.8 Å². The Balaban J connectivity index is 2.13. The van der Waals surface area contributed by atoms with E-state index in [1.54, 1.807) is 11.8 Å². The van der Waals surface area contributed by atoms with E-state index in [0.717, 1.165) is 30.8 Å². The number of hydrogen-bond acceptors (Lipinski definition) is 7. The summed E-state index contributed by atoms with van der Waals surface area (Å²) in [6.07, 6.45) is 0. The lowest BCUT2D eigenvalue weighted by molar-refractivity contribution is -0.114. The lowest BCUT2D eigenvalue weighted by Gasteiger charge is -2.26. The first kappa shape index (κ1) is 22.5. The van der Waals surface area contributed by atoms with E-state index in [4.69, 9.17) is 0 Å². The molecule has 0 unspecified atom stereocenters. The molecule has 2 aromatic rings. The van der Waals surface area contributed by atoms with E-state index in [0.29, 0.717) is 5.92 Å². The third kappa shape index (κ3) is 6.12. The van der Waals surface area contributed by atoms with Crippen molar-refractivity contribution in [1.29, 1.82) is 0 Å². The first-order valence-corrected chi connectivity index (χ1v) is 11.5. The monoisotopic (exact) mass is 447 g/mol. The minimum absolute atomic E-state index is 0.177. The van der Waals surface area contributed by atoms with Crippen LogP contribution in [0.3, 0.4) is 0 Å². The summed E-state index contributed by atoms with van der Waals surface area (Å²) in [6.45, 7) is 3.69. The normalized spacial score (nSPS) is 11.8. The van der Waals surface area contributed by atoms with Gasteiger partial charge in [-0.25, -0.2) is 8.70 Å². The Kier molecular flexibility index (Phi) is 7.75. The predicted octanol–water partition coefficient (Wildman–Crippen LogP) is 2.68. The van der Waals surface area contributed by atoms with Gasteiger partial charge in [0.1, 0.15) is 12.4 Å². The van der Waals surface area contributed by atoms with Crippen LogP contribution in [-0.4, -0.2) is 55.2 Å². The van der Waals surface area contributed by atoms with Gasteiger partial charge in [0.2, 0.25) is 11.0 Å². The topological polar surface area (TPSA) is 95.5 Å². The number of thioether (sulfide) groups is 1. The van der Waals surface area contributed by atoms with Gasteiger partial charge in [-0.3, -0.25) is 10.1 Å². The van der Waals surface area contributed by atoms with Gasteiger partial charge in [-0.15, -0.1) is 10.2 Å². The van der Waals surface area contributed by atoms with Gasteiger partial charge < -0.3 is 0 Å². The Hall–Kier alpha value is -1.76. The maximum Gasteiger partial charge on any atom is 0.304 e. The largest absolute Gasteiger partial charge is 0.304 e. The van der Waals surface area contributed by atoms with Crippen molar-refractivity contribution in [2.24, 2.45) is 5.92 Å². The van der Waals surface area contributed by atoms with Crippen molar-refractivity contribution in [3.8, 4) is 0 Å².